The molecule has 1 unspecified atom stereocenters. The van der Waals surface area contributed by atoms with E-state index < -0.39 is 8.80 Å². The Hall–Kier alpha value is 0.0469. The first kappa shape index (κ1) is 23.0. The Balaban J connectivity index is 3.91. The zero-order chi connectivity index (χ0) is 17.6. The first-order valence-electron chi connectivity index (χ1n) is 8.69. The molecule has 0 rings (SSSR count). The van der Waals surface area contributed by atoms with Crippen molar-refractivity contribution >= 4 is 30.7 Å². The van der Waals surface area contributed by atoms with Gasteiger partial charge in [0.2, 0.25) is 0 Å². The number of hydrogen-bond donors (Lipinski definition) is 0. The van der Waals surface area contributed by atoms with Crippen LogP contribution in [0.15, 0.2) is 0 Å². The summed E-state index contributed by atoms with van der Waals surface area (Å²) >= 11 is 3.28. The maximum atomic E-state index is 11.5. The van der Waals surface area contributed by atoms with Gasteiger partial charge < -0.3 is 18.0 Å². The van der Waals surface area contributed by atoms with E-state index in [-0.39, 0.29) is 11.9 Å². The van der Waals surface area contributed by atoms with Gasteiger partial charge in [-0.25, -0.2) is 0 Å². The molecule has 0 aliphatic heterocycles. The van der Waals surface area contributed by atoms with Crippen molar-refractivity contribution in [3.8, 4) is 0 Å². The summed E-state index contributed by atoms with van der Waals surface area (Å²) in [5.74, 6) is -0.206. The Bertz CT molecular complexity index is 287. The molecule has 0 bridgehead atoms. The van der Waals surface area contributed by atoms with E-state index in [2.05, 4.69) is 15.9 Å². The van der Waals surface area contributed by atoms with Crippen LogP contribution in [0.4, 0.5) is 0 Å². The summed E-state index contributed by atoms with van der Waals surface area (Å²) in [4.78, 5) is 11.5. The highest BCUT2D eigenvalue weighted by Crippen LogP contribution is 2.20. The number of alkyl halides is 1. The Morgan fingerprint density at radius 1 is 0.957 bits per heavy atom. The molecular formula is C16H33BrO5Si. The first-order valence-corrected chi connectivity index (χ1v) is 11.7. The number of rotatable bonds is 15. The number of unbranched alkanes of at least 4 members (excludes halogenated alkanes) is 3. The van der Waals surface area contributed by atoms with Gasteiger partial charge in [0.1, 0.15) is 0 Å². The van der Waals surface area contributed by atoms with Gasteiger partial charge >= 0.3 is 14.8 Å². The van der Waals surface area contributed by atoms with E-state index in [0.29, 0.717) is 31.8 Å². The molecule has 0 fully saturated rings. The minimum Gasteiger partial charge on any atom is -0.465 e. The van der Waals surface area contributed by atoms with Gasteiger partial charge in [0.25, 0.3) is 0 Å². The lowest BCUT2D eigenvalue weighted by Gasteiger charge is -2.28. The maximum Gasteiger partial charge on any atom is 0.500 e. The van der Waals surface area contributed by atoms with Crippen LogP contribution in [0.1, 0.15) is 53.4 Å². The molecule has 5 nitrogen and oxygen atoms in total. The van der Waals surface area contributed by atoms with Gasteiger partial charge in [-0.2, -0.15) is 0 Å². The molecule has 0 radical (unpaired) electrons. The molecule has 0 heterocycles. The lowest BCUT2D eigenvalue weighted by atomic mass is 10.2. The molecule has 0 aromatic rings. The Kier molecular flexibility index (Phi) is 14.4. The molecule has 0 aliphatic carbocycles. The summed E-state index contributed by atoms with van der Waals surface area (Å²) in [7, 11) is -2.49. The quantitative estimate of drug-likeness (QED) is 0.175. The summed E-state index contributed by atoms with van der Waals surface area (Å²) in [5, 5.41) is 0.644. The van der Waals surface area contributed by atoms with E-state index in [1.165, 1.54) is 0 Å². The molecule has 0 amide bonds. The van der Waals surface area contributed by atoms with Crippen LogP contribution < -0.4 is 0 Å². The van der Waals surface area contributed by atoms with Gasteiger partial charge in [-0.1, -0.05) is 35.7 Å². The van der Waals surface area contributed by atoms with Crippen molar-refractivity contribution in [1.29, 1.82) is 0 Å². The second-order valence-electron chi connectivity index (χ2n) is 5.37. The van der Waals surface area contributed by atoms with Crippen LogP contribution in [0.5, 0.6) is 0 Å². The molecule has 0 saturated heterocycles. The number of esters is 1. The van der Waals surface area contributed by atoms with E-state index in [1.54, 1.807) is 0 Å². The van der Waals surface area contributed by atoms with Crippen LogP contribution in [-0.2, 0) is 22.8 Å². The smallest absolute Gasteiger partial charge is 0.465 e. The highest BCUT2D eigenvalue weighted by Gasteiger charge is 2.39. The van der Waals surface area contributed by atoms with Crippen molar-refractivity contribution in [3.63, 3.8) is 0 Å². The van der Waals surface area contributed by atoms with Crippen LogP contribution >= 0.6 is 15.9 Å². The van der Waals surface area contributed by atoms with Crippen molar-refractivity contribution in [2.24, 2.45) is 5.92 Å². The van der Waals surface area contributed by atoms with Crippen LogP contribution in [0.25, 0.3) is 0 Å². The number of halogens is 1. The fraction of sp³-hybridized carbons (Fsp3) is 0.938. The Labute approximate surface area is 150 Å². The van der Waals surface area contributed by atoms with Crippen molar-refractivity contribution in [3.05, 3.63) is 0 Å². The molecule has 0 aromatic carbocycles. The largest absolute Gasteiger partial charge is 0.500 e. The van der Waals surface area contributed by atoms with E-state index in [0.717, 1.165) is 31.7 Å². The summed E-state index contributed by atoms with van der Waals surface area (Å²) in [6, 6.07) is 0.850. The second kappa shape index (κ2) is 14.4. The van der Waals surface area contributed by atoms with Gasteiger partial charge in [0, 0.05) is 31.2 Å². The molecule has 0 aliphatic rings. The van der Waals surface area contributed by atoms with Crippen LogP contribution in [0, 0.1) is 5.92 Å². The van der Waals surface area contributed by atoms with Crippen molar-refractivity contribution in [2.75, 3.05) is 31.8 Å². The highest BCUT2D eigenvalue weighted by molar-refractivity contribution is 9.09. The standard InChI is InChI=1S/C16H33BrO5Si/c1-5-20-23(21-6-2,22-7-3)13-11-9-8-10-12-19-16(18)15(4)14-17/h15H,5-14H2,1-4H3. The minimum atomic E-state index is -2.49. The van der Waals surface area contributed by atoms with Gasteiger partial charge in [-0.3, -0.25) is 4.79 Å². The third kappa shape index (κ3) is 10.5. The molecule has 1 atom stereocenters. The molecule has 0 spiro atoms. The summed E-state index contributed by atoms with van der Waals surface area (Å²) in [6.45, 7) is 10.1. The Morgan fingerprint density at radius 2 is 1.48 bits per heavy atom. The molecule has 0 aromatic heterocycles. The van der Waals surface area contributed by atoms with E-state index >= 15 is 0 Å². The third-order valence-electron chi connectivity index (χ3n) is 3.35. The zero-order valence-electron chi connectivity index (χ0n) is 15.1. The molecular weight excluding hydrogens is 380 g/mol. The van der Waals surface area contributed by atoms with Crippen molar-refractivity contribution in [2.45, 2.75) is 59.4 Å². The van der Waals surface area contributed by atoms with Gasteiger partial charge in [-0.05, 0) is 33.6 Å². The number of ether oxygens (including phenoxy) is 1. The van der Waals surface area contributed by atoms with Crippen LogP contribution in [-0.4, -0.2) is 46.5 Å². The van der Waals surface area contributed by atoms with Crippen LogP contribution in [0.2, 0.25) is 6.04 Å². The zero-order valence-corrected chi connectivity index (χ0v) is 17.7. The van der Waals surface area contributed by atoms with E-state index in [4.69, 9.17) is 18.0 Å². The SMILES string of the molecule is CCO[Si](CCCCCCOC(=O)C(C)CBr)(OCC)OCC. The summed E-state index contributed by atoms with van der Waals surface area (Å²) in [5.41, 5.74) is 0. The molecule has 7 heteroatoms. The highest BCUT2D eigenvalue weighted by atomic mass is 79.9. The minimum absolute atomic E-state index is 0.0785. The molecule has 23 heavy (non-hydrogen) atoms. The topological polar surface area (TPSA) is 54.0 Å². The van der Waals surface area contributed by atoms with Gasteiger partial charge in [-0.15, -0.1) is 0 Å². The molecule has 138 valence electrons. The number of carbonyl (C=O) groups excluding carboxylic acids is 1. The monoisotopic (exact) mass is 412 g/mol. The number of hydrogen-bond acceptors (Lipinski definition) is 5. The Morgan fingerprint density at radius 3 is 1.96 bits per heavy atom. The van der Waals surface area contributed by atoms with Crippen LogP contribution in [0.3, 0.4) is 0 Å². The summed E-state index contributed by atoms with van der Waals surface area (Å²) in [6.07, 6.45) is 4.00. The predicted octanol–water partition coefficient (Wildman–Crippen LogP) is 4.17. The maximum absolute atomic E-state index is 11.5. The summed E-state index contributed by atoms with van der Waals surface area (Å²) < 4.78 is 22.7. The van der Waals surface area contributed by atoms with Gasteiger partial charge in [0.05, 0.1) is 12.5 Å². The first-order chi connectivity index (χ1) is 11.0. The third-order valence-corrected chi connectivity index (χ3v) is 7.47. The molecule has 0 N–H and O–H groups in total. The fourth-order valence-electron chi connectivity index (χ4n) is 2.18. The second-order valence-corrected chi connectivity index (χ2v) is 8.75. The van der Waals surface area contributed by atoms with E-state index in [9.17, 15) is 4.79 Å². The lowest BCUT2D eigenvalue weighted by Crippen LogP contribution is -2.45. The van der Waals surface area contributed by atoms with Crippen molar-refractivity contribution in [1.82, 2.24) is 0 Å². The average Bonchev–Trinajstić information content (AvgIpc) is 2.53. The van der Waals surface area contributed by atoms with E-state index in [1.807, 2.05) is 27.7 Å². The predicted molar refractivity (Wildman–Crippen MR) is 97.8 cm³/mol. The average molecular weight is 413 g/mol. The number of carbonyl (C=O) groups is 1. The normalized spacial score (nSPS) is 13.1. The van der Waals surface area contributed by atoms with Crippen molar-refractivity contribution < 1.29 is 22.8 Å². The fourth-order valence-corrected chi connectivity index (χ4v) is 5.13. The molecule has 0 saturated carbocycles. The van der Waals surface area contributed by atoms with Gasteiger partial charge in [0.15, 0.2) is 0 Å². The lowest BCUT2D eigenvalue weighted by molar-refractivity contribution is -0.147.